The van der Waals surface area contributed by atoms with Crippen molar-refractivity contribution in [2.75, 3.05) is 25.1 Å². The van der Waals surface area contributed by atoms with Gasteiger partial charge in [-0.1, -0.05) is 6.07 Å². The van der Waals surface area contributed by atoms with Gasteiger partial charge < -0.3 is 14.8 Å². The van der Waals surface area contributed by atoms with Gasteiger partial charge in [0, 0.05) is 12.6 Å². The topological polar surface area (TPSA) is 134 Å². The lowest BCUT2D eigenvalue weighted by molar-refractivity contribution is -0.384. The van der Waals surface area contributed by atoms with Crippen molar-refractivity contribution in [3.63, 3.8) is 0 Å². The molecule has 0 atom stereocenters. The molecule has 0 radical (unpaired) electrons. The van der Waals surface area contributed by atoms with E-state index in [1.807, 2.05) is 18.2 Å². The van der Waals surface area contributed by atoms with Gasteiger partial charge in [-0.3, -0.25) is 10.1 Å². The molecule has 0 fully saturated rings. The van der Waals surface area contributed by atoms with Gasteiger partial charge in [-0.2, -0.15) is 0 Å². The van der Waals surface area contributed by atoms with Crippen molar-refractivity contribution >= 4 is 21.4 Å². The maximum absolute atomic E-state index is 11.3. The van der Waals surface area contributed by atoms with Gasteiger partial charge in [0.1, 0.15) is 18.9 Å². The summed E-state index contributed by atoms with van der Waals surface area (Å²) >= 11 is 0. The number of hydrogen-bond acceptors (Lipinski definition) is 7. The van der Waals surface area contributed by atoms with E-state index in [2.05, 4.69) is 5.32 Å². The number of primary sulfonamides is 1. The van der Waals surface area contributed by atoms with Gasteiger partial charge in [-0.25, -0.2) is 13.6 Å². The minimum Gasteiger partial charge on any atom is -0.486 e. The van der Waals surface area contributed by atoms with Crippen LogP contribution >= 0.6 is 0 Å². The van der Waals surface area contributed by atoms with Gasteiger partial charge in [0.2, 0.25) is 10.0 Å². The second-order valence-electron chi connectivity index (χ2n) is 5.64. The number of anilines is 1. The van der Waals surface area contributed by atoms with E-state index >= 15 is 0 Å². The molecule has 26 heavy (non-hydrogen) atoms. The molecule has 3 N–H and O–H groups in total. The molecule has 1 aliphatic heterocycles. The molecule has 138 valence electrons. The standard InChI is InChI=1S/C16H17N3O6S/c17-26(22,23)12-2-3-13(14(10-12)19(20)21)18-6-5-11-1-4-15-16(9-11)25-8-7-24-15/h1-4,9-10,18H,5-8H2,(H2,17,22,23). The van der Waals surface area contributed by atoms with Crippen LogP contribution in [0.25, 0.3) is 0 Å². The van der Waals surface area contributed by atoms with E-state index in [4.69, 9.17) is 14.6 Å². The minimum absolute atomic E-state index is 0.222. The highest BCUT2D eigenvalue weighted by molar-refractivity contribution is 7.89. The number of ether oxygens (including phenoxy) is 2. The Morgan fingerprint density at radius 2 is 1.85 bits per heavy atom. The number of benzene rings is 2. The summed E-state index contributed by atoms with van der Waals surface area (Å²) in [5.41, 5.74) is 0.851. The number of nitro groups is 1. The minimum atomic E-state index is -4.01. The zero-order valence-corrected chi connectivity index (χ0v) is 14.5. The Morgan fingerprint density at radius 1 is 1.12 bits per heavy atom. The van der Waals surface area contributed by atoms with Gasteiger partial charge in [-0.15, -0.1) is 0 Å². The zero-order valence-electron chi connectivity index (χ0n) is 13.7. The van der Waals surface area contributed by atoms with E-state index in [9.17, 15) is 18.5 Å². The van der Waals surface area contributed by atoms with Gasteiger partial charge in [0.25, 0.3) is 5.69 Å². The molecule has 0 unspecified atom stereocenters. The van der Waals surface area contributed by atoms with E-state index in [0.29, 0.717) is 37.7 Å². The van der Waals surface area contributed by atoms with Crippen molar-refractivity contribution < 1.29 is 22.8 Å². The number of hydrogen-bond donors (Lipinski definition) is 2. The van der Waals surface area contributed by atoms with E-state index < -0.39 is 14.9 Å². The lowest BCUT2D eigenvalue weighted by Gasteiger charge is -2.19. The second-order valence-corrected chi connectivity index (χ2v) is 7.20. The number of nitrogens with two attached hydrogens (primary N) is 1. The average Bonchev–Trinajstić information content (AvgIpc) is 2.60. The maximum Gasteiger partial charge on any atom is 0.293 e. The van der Waals surface area contributed by atoms with Crippen LogP contribution in [-0.2, 0) is 16.4 Å². The van der Waals surface area contributed by atoms with Gasteiger partial charge >= 0.3 is 0 Å². The van der Waals surface area contributed by atoms with Crippen LogP contribution in [0.1, 0.15) is 5.56 Å². The molecule has 0 bridgehead atoms. The molecule has 3 rings (SSSR count). The Labute approximate surface area is 149 Å². The first-order valence-corrected chi connectivity index (χ1v) is 9.33. The molecule has 0 aliphatic carbocycles. The van der Waals surface area contributed by atoms with Crippen LogP contribution in [0.5, 0.6) is 11.5 Å². The van der Waals surface area contributed by atoms with Crippen LogP contribution in [0, 0.1) is 10.1 Å². The summed E-state index contributed by atoms with van der Waals surface area (Å²) in [5.74, 6) is 1.37. The Morgan fingerprint density at radius 3 is 2.54 bits per heavy atom. The Kier molecular flexibility index (Phi) is 4.96. The lowest BCUT2D eigenvalue weighted by atomic mass is 10.1. The first-order chi connectivity index (χ1) is 12.3. The number of rotatable bonds is 6. The van der Waals surface area contributed by atoms with Crippen molar-refractivity contribution in [1.29, 1.82) is 0 Å². The molecule has 0 spiro atoms. The third kappa shape index (κ3) is 4.03. The molecule has 0 aromatic heterocycles. The fourth-order valence-electron chi connectivity index (χ4n) is 2.57. The quantitative estimate of drug-likeness (QED) is 0.576. The summed E-state index contributed by atoms with van der Waals surface area (Å²) in [6.45, 7) is 1.43. The Balaban J connectivity index is 1.70. The highest BCUT2D eigenvalue weighted by Crippen LogP contribution is 2.31. The number of nitrogens with one attached hydrogen (secondary N) is 1. The van der Waals surface area contributed by atoms with Crippen LogP contribution in [-0.4, -0.2) is 33.1 Å². The summed E-state index contributed by atoms with van der Waals surface area (Å²) in [4.78, 5) is 10.2. The average molecular weight is 379 g/mol. The van der Waals surface area contributed by atoms with E-state index in [1.165, 1.54) is 12.1 Å². The number of sulfonamides is 1. The largest absolute Gasteiger partial charge is 0.486 e. The fourth-order valence-corrected chi connectivity index (χ4v) is 3.11. The second kappa shape index (κ2) is 7.18. The van der Waals surface area contributed by atoms with Crippen molar-refractivity contribution in [1.82, 2.24) is 0 Å². The highest BCUT2D eigenvalue weighted by Gasteiger charge is 2.19. The molecule has 0 saturated heterocycles. The molecule has 2 aromatic rings. The molecule has 9 nitrogen and oxygen atoms in total. The van der Waals surface area contributed by atoms with Crippen LogP contribution < -0.4 is 19.9 Å². The zero-order chi connectivity index (χ0) is 18.7. The van der Waals surface area contributed by atoms with E-state index in [1.54, 1.807) is 0 Å². The fraction of sp³-hybridized carbons (Fsp3) is 0.250. The third-order valence-corrected chi connectivity index (χ3v) is 4.74. The van der Waals surface area contributed by atoms with Gasteiger partial charge in [0.15, 0.2) is 11.5 Å². The normalized spacial score (nSPS) is 13.3. The summed E-state index contributed by atoms with van der Waals surface area (Å²) in [6.07, 6.45) is 0.588. The van der Waals surface area contributed by atoms with E-state index in [0.717, 1.165) is 11.6 Å². The maximum atomic E-state index is 11.3. The van der Waals surface area contributed by atoms with Gasteiger partial charge in [0.05, 0.1) is 9.82 Å². The lowest BCUT2D eigenvalue weighted by Crippen LogP contribution is -2.15. The first-order valence-electron chi connectivity index (χ1n) is 7.78. The molecule has 10 heteroatoms. The van der Waals surface area contributed by atoms with E-state index in [-0.39, 0.29) is 16.3 Å². The molecule has 2 aromatic carbocycles. The SMILES string of the molecule is NS(=O)(=O)c1ccc(NCCc2ccc3c(c2)OCCO3)c([N+](=O)[O-])c1. The molecular weight excluding hydrogens is 362 g/mol. The summed E-state index contributed by atoms with van der Waals surface area (Å²) in [7, 11) is -4.01. The van der Waals surface area contributed by atoms with Crippen molar-refractivity contribution in [2.24, 2.45) is 5.14 Å². The number of fused-ring (bicyclic) bond motifs is 1. The van der Waals surface area contributed by atoms with Crippen LogP contribution in [0.4, 0.5) is 11.4 Å². The van der Waals surface area contributed by atoms with Crippen LogP contribution in [0.3, 0.4) is 0 Å². The number of nitro benzene ring substituents is 1. The third-order valence-electron chi connectivity index (χ3n) is 3.83. The van der Waals surface area contributed by atoms with Crippen molar-refractivity contribution in [3.8, 4) is 11.5 Å². The predicted octanol–water partition coefficient (Wildman–Crippen LogP) is 1.67. The molecule has 1 heterocycles. The molecular formula is C16H17N3O6S. The number of nitrogens with zero attached hydrogens (tertiary/aromatic N) is 1. The molecule has 1 aliphatic rings. The van der Waals surface area contributed by atoms with Crippen molar-refractivity contribution in [3.05, 3.63) is 52.1 Å². The highest BCUT2D eigenvalue weighted by atomic mass is 32.2. The summed E-state index contributed by atoms with van der Waals surface area (Å²) < 4.78 is 33.7. The van der Waals surface area contributed by atoms with Crippen LogP contribution in [0.2, 0.25) is 0 Å². The molecule has 0 amide bonds. The predicted molar refractivity (Wildman–Crippen MR) is 94.1 cm³/mol. The van der Waals surface area contributed by atoms with Crippen LogP contribution in [0.15, 0.2) is 41.3 Å². The van der Waals surface area contributed by atoms with Crippen molar-refractivity contribution in [2.45, 2.75) is 11.3 Å². The molecule has 0 saturated carbocycles. The van der Waals surface area contributed by atoms with Gasteiger partial charge in [-0.05, 0) is 36.2 Å². The summed E-state index contributed by atoms with van der Waals surface area (Å²) in [6, 6.07) is 9.10. The Hall–Kier alpha value is -2.85. The smallest absolute Gasteiger partial charge is 0.293 e. The Bertz CT molecular complexity index is 945. The monoisotopic (exact) mass is 379 g/mol. The first kappa shape index (κ1) is 18.0. The summed E-state index contributed by atoms with van der Waals surface area (Å²) in [5, 5.41) is 19.2.